The van der Waals surface area contributed by atoms with Gasteiger partial charge in [0.1, 0.15) is 11.3 Å². The van der Waals surface area contributed by atoms with Crippen LogP contribution in [-0.4, -0.2) is 32.9 Å². The lowest BCUT2D eigenvalue weighted by atomic mass is 10.1. The molecule has 0 spiro atoms. The zero-order chi connectivity index (χ0) is 21.3. The van der Waals surface area contributed by atoms with Gasteiger partial charge in [-0.1, -0.05) is 18.6 Å². The average Bonchev–Trinajstić information content (AvgIpc) is 2.90. The predicted octanol–water partition coefficient (Wildman–Crippen LogP) is 3.45. The van der Waals surface area contributed by atoms with Crippen molar-refractivity contribution in [2.75, 3.05) is 11.9 Å². The fourth-order valence-electron chi connectivity index (χ4n) is 3.93. The molecule has 156 valence electrons. The predicted molar refractivity (Wildman–Crippen MR) is 117 cm³/mol. The van der Waals surface area contributed by atoms with E-state index >= 15 is 0 Å². The Hall–Kier alpha value is -3.22. The van der Waals surface area contributed by atoms with E-state index in [2.05, 4.69) is 20.2 Å². The highest BCUT2D eigenvalue weighted by molar-refractivity contribution is 6.06. The molecule has 1 aliphatic rings. The van der Waals surface area contributed by atoms with Crippen molar-refractivity contribution in [3.63, 3.8) is 0 Å². The van der Waals surface area contributed by atoms with Crippen LogP contribution in [0, 0.1) is 20.8 Å². The van der Waals surface area contributed by atoms with E-state index in [0.29, 0.717) is 11.1 Å². The van der Waals surface area contributed by atoms with Gasteiger partial charge in [-0.25, -0.2) is 9.97 Å². The minimum absolute atomic E-state index is 0.108. The molecule has 2 amide bonds. The molecule has 1 aliphatic heterocycles. The lowest BCUT2D eigenvalue weighted by Crippen LogP contribution is -2.33. The molecule has 4 rings (SSSR count). The fraction of sp³-hybridized carbons (Fsp3) is 0.391. The summed E-state index contributed by atoms with van der Waals surface area (Å²) in [6.45, 7) is 6.60. The summed E-state index contributed by atoms with van der Waals surface area (Å²) in [6.07, 6.45) is 4.27. The van der Waals surface area contributed by atoms with Gasteiger partial charge in [0.25, 0.3) is 5.91 Å². The number of aromatic nitrogens is 3. The van der Waals surface area contributed by atoms with Crippen molar-refractivity contribution in [1.29, 1.82) is 0 Å². The number of imidazole rings is 1. The molecule has 30 heavy (non-hydrogen) atoms. The first-order valence-electron chi connectivity index (χ1n) is 10.4. The number of anilines is 1. The summed E-state index contributed by atoms with van der Waals surface area (Å²) < 4.78 is 2.14. The molecule has 2 aromatic heterocycles. The maximum absolute atomic E-state index is 12.9. The van der Waals surface area contributed by atoms with E-state index < -0.39 is 0 Å². The van der Waals surface area contributed by atoms with Gasteiger partial charge in [0.05, 0.1) is 12.1 Å². The third-order valence-electron chi connectivity index (χ3n) is 5.73. The molecule has 3 aromatic rings. The number of nitrogens with zero attached hydrogens (tertiary/aromatic N) is 3. The van der Waals surface area contributed by atoms with E-state index in [0.717, 1.165) is 59.8 Å². The van der Waals surface area contributed by atoms with E-state index in [1.54, 1.807) is 6.07 Å². The van der Waals surface area contributed by atoms with Crippen LogP contribution in [0.25, 0.3) is 11.2 Å². The standard InChI is InChI=1S/C23H27N5O2/c1-14-8-7-9-18(16(14)3)26-20(29)13-24-23(30)17-12-15(2)25-22-21(17)27-19-10-5-4-6-11-28(19)22/h7-9,12H,4-6,10-11,13H2,1-3H3,(H,24,30)(H,26,29). The molecule has 2 N–H and O–H groups in total. The molecular weight excluding hydrogens is 378 g/mol. The molecule has 1 aromatic carbocycles. The zero-order valence-electron chi connectivity index (χ0n) is 17.7. The zero-order valence-corrected chi connectivity index (χ0v) is 17.7. The van der Waals surface area contributed by atoms with Crippen LogP contribution in [0.2, 0.25) is 0 Å². The summed E-state index contributed by atoms with van der Waals surface area (Å²) in [7, 11) is 0. The Morgan fingerprint density at radius 1 is 1.10 bits per heavy atom. The lowest BCUT2D eigenvalue weighted by molar-refractivity contribution is -0.115. The Bertz CT molecular complexity index is 1130. The molecule has 0 fully saturated rings. The number of carbonyl (C=O) groups excluding carboxylic acids is 2. The number of amides is 2. The summed E-state index contributed by atoms with van der Waals surface area (Å²) in [5, 5.41) is 5.60. The molecule has 0 saturated carbocycles. The van der Waals surface area contributed by atoms with Crippen LogP contribution in [0.5, 0.6) is 0 Å². The largest absolute Gasteiger partial charge is 0.343 e. The Balaban J connectivity index is 1.52. The Kier molecular flexibility index (Phi) is 5.53. The molecule has 0 unspecified atom stereocenters. The van der Waals surface area contributed by atoms with Gasteiger partial charge >= 0.3 is 0 Å². The monoisotopic (exact) mass is 405 g/mol. The summed E-state index contributed by atoms with van der Waals surface area (Å²) in [5.41, 5.74) is 5.49. The lowest BCUT2D eigenvalue weighted by Gasteiger charge is -2.11. The first kappa shape index (κ1) is 20.1. The van der Waals surface area contributed by atoms with Gasteiger partial charge in [-0.3, -0.25) is 9.59 Å². The molecular formula is C23H27N5O2. The number of benzene rings is 1. The third kappa shape index (κ3) is 3.92. The minimum Gasteiger partial charge on any atom is -0.343 e. The first-order valence-corrected chi connectivity index (χ1v) is 10.4. The van der Waals surface area contributed by atoms with Crippen molar-refractivity contribution in [2.24, 2.45) is 0 Å². The van der Waals surface area contributed by atoms with Crippen molar-refractivity contribution in [3.8, 4) is 0 Å². The van der Waals surface area contributed by atoms with Crippen molar-refractivity contribution in [2.45, 2.75) is 53.0 Å². The molecule has 3 heterocycles. The Labute approximate surface area is 175 Å². The van der Waals surface area contributed by atoms with Crippen LogP contribution in [0.4, 0.5) is 5.69 Å². The third-order valence-corrected chi connectivity index (χ3v) is 5.73. The second kappa shape index (κ2) is 8.26. The molecule has 0 radical (unpaired) electrons. The highest BCUT2D eigenvalue weighted by Gasteiger charge is 2.21. The van der Waals surface area contributed by atoms with Crippen LogP contribution in [0.3, 0.4) is 0 Å². The van der Waals surface area contributed by atoms with Gasteiger partial charge in [0.2, 0.25) is 5.91 Å². The van der Waals surface area contributed by atoms with Crippen molar-refractivity contribution in [1.82, 2.24) is 19.9 Å². The van der Waals surface area contributed by atoms with E-state index in [1.165, 1.54) is 6.42 Å². The molecule has 0 bridgehead atoms. The topological polar surface area (TPSA) is 88.9 Å². The SMILES string of the molecule is Cc1cc(C(=O)NCC(=O)Nc2cccc(C)c2C)c2nc3n(c2n1)CCCCC3. The Morgan fingerprint density at radius 2 is 1.93 bits per heavy atom. The summed E-state index contributed by atoms with van der Waals surface area (Å²) in [4.78, 5) is 34.7. The van der Waals surface area contributed by atoms with Crippen molar-refractivity contribution in [3.05, 3.63) is 52.5 Å². The van der Waals surface area contributed by atoms with Gasteiger partial charge in [-0.2, -0.15) is 0 Å². The van der Waals surface area contributed by atoms with Crippen LogP contribution in [0.15, 0.2) is 24.3 Å². The molecule has 7 nitrogen and oxygen atoms in total. The molecule has 0 saturated heterocycles. The molecule has 7 heteroatoms. The number of nitrogens with one attached hydrogen (secondary N) is 2. The van der Waals surface area contributed by atoms with Crippen molar-refractivity contribution < 1.29 is 9.59 Å². The minimum atomic E-state index is -0.310. The van der Waals surface area contributed by atoms with Crippen LogP contribution in [-0.2, 0) is 17.8 Å². The van der Waals surface area contributed by atoms with Gasteiger partial charge in [0.15, 0.2) is 5.65 Å². The quantitative estimate of drug-likeness (QED) is 0.696. The molecule has 0 atom stereocenters. The number of carbonyl (C=O) groups is 2. The highest BCUT2D eigenvalue weighted by Crippen LogP contribution is 2.24. The summed E-state index contributed by atoms with van der Waals surface area (Å²) in [6, 6.07) is 7.50. The number of aryl methyl sites for hydroxylation is 4. The van der Waals surface area contributed by atoms with E-state index in [4.69, 9.17) is 4.98 Å². The number of hydrogen-bond acceptors (Lipinski definition) is 4. The van der Waals surface area contributed by atoms with Crippen molar-refractivity contribution >= 4 is 28.7 Å². The second-order valence-corrected chi connectivity index (χ2v) is 7.95. The fourth-order valence-corrected chi connectivity index (χ4v) is 3.93. The first-order chi connectivity index (χ1) is 14.4. The van der Waals surface area contributed by atoms with E-state index in [-0.39, 0.29) is 18.4 Å². The summed E-state index contributed by atoms with van der Waals surface area (Å²) in [5.74, 6) is 0.414. The normalized spacial score (nSPS) is 13.6. The van der Waals surface area contributed by atoms with Crippen LogP contribution in [0.1, 0.15) is 52.3 Å². The van der Waals surface area contributed by atoms with E-state index in [9.17, 15) is 9.59 Å². The smallest absolute Gasteiger partial charge is 0.254 e. The number of fused-ring (bicyclic) bond motifs is 3. The number of pyridine rings is 1. The van der Waals surface area contributed by atoms with Crippen LogP contribution >= 0.6 is 0 Å². The Morgan fingerprint density at radius 3 is 2.77 bits per heavy atom. The molecule has 0 aliphatic carbocycles. The number of hydrogen-bond donors (Lipinski definition) is 2. The maximum atomic E-state index is 12.9. The van der Waals surface area contributed by atoms with Gasteiger partial charge in [0, 0.05) is 24.3 Å². The number of rotatable bonds is 4. The maximum Gasteiger partial charge on any atom is 0.254 e. The van der Waals surface area contributed by atoms with Crippen LogP contribution < -0.4 is 10.6 Å². The average molecular weight is 406 g/mol. The van der Waals surface area contributed by atoms with Gasteiger partial charge < -0.3 is 15.2 Å². The van der Waals surface area contributed by atoms with Gasteiger partial charge in [-0.05, 0) is 56.9 Å². The van der Waals surface area contributed by atoms with Gasteiger partial charge in [-0.15, -0.1) is 0 Å². The second-order valence-electron chi connectivity index (χ2n) is 7.95. The van der Waals surface area contributed by atoms with E-state index in [1.807, 2.05) is 39.0 Å². The highest BCUT2D eigenvalue weighted by atomic mass is 16.2. The summed E-state index contributed by atoms with van der Waals surface area (Å²) >= 11 is 0.